The van der Waals surface area contributed by atoms with Crippen molar-refractivity contribution in [3.8, 4) is 10.8 Å². The van der Waals surface area contributed by atoms with Gasteiger partial charge in [-0.2, -0.15) is 10.2 Å². The number of aromatic nitrogens is 5. The molecule has 1 unspecified atom stereocenters. The number of nitrogens with one attached hydrogen (secondary N) is 1. The van der Waals surface area contributed by atoms with Gasteiger partial charge in [-0.25, -0.2) is 9.18 Å². The highest BCUT2D eigenvalue weighted by Crippen LogP contribution is 2.31. The Morgan fingerprint density at radius 2 is 1.80 bits per heavy atom. The first-order chi connectivity index (χ1) is 19.8. The number of nitrogens with zero attached hydrogens (tertiary/aromatic N) is 5. The number of methoxy groups -OCH3 is 3. The molecule has 1 aliphatic heterocycles. The van der Waals surface area contributed by atoms with E-state index in [0.717, 1.165) is 0 Å². The van der Waals surface area contributed by atoms with Crippen LogP contribution in [0.15, 0.2) is 40.2 Å². The van der Waals surface area contributed by atoms with Crippen molar-refractivity contribution in [3.05, 3.63) is 68.4 Å². The van der Waals surface area contributed by atoms with Crippen molar-refractivity contribution in [2.24, 2.45) is 0 Å². The Balaban J connectivity index is 0.000000585. The molecule has 4 heterocycles. The zero-order chi connectivity index (χ0) is 29.5. The minimum Gasteiger partial charge on any atom is -0.496 e. The average Bonchev–Trinajstić information content (AvgIpc) is 3.61. The smallest absolute Gasteiger partial charge is 0.332 e. The van der Waals surface area contributed by atoms with Crippen LogP contribution in [0.1, 0.15) is 30.0 Å². The number of rotatable bonds is 9. The molecule has 1 aliphatic rings. The fourth-order valence-corrected chi connectivity index (χ4v) is 5.90. The summed E-state index contributed by atoms with van der Waals surface area (Å²) < 4.78 is 31.4. The quantitative estimate of drug-likeness (QED) is 0.295. The van der Waals surface area contributed by atoms with Gasteiger partial charge in [-0.15, -0.1) is 4.80 Å². The molecule has 220 valence electrons. The third-order valence-corrected chi connectivity index (χ3v) is 8.04. The van der Waals surface area contributed by atoms with Crippen molar-refractivity contribution in [2.75, 3.05) is 41.1 Å². The molecule has 1 aromatic carbocycles. The number of aryl methyl sites for hydroxylation is 3. The van der Waals surface area contributed by atoms with E-state index in [2.05, 4.69) is 25.0 Å². The molecular weight excluding hydrogens is 555 g/mol. The standard InChI is InChI=1S/C23H23FN6O4S.C4H10O2/c1-13-19-20(32)29(16-4-6-18(31)25-12-16)23(33)28(22(19)35-21(13)30-26-8-9-27-30)10-7-14-11-15(24)3-5-17(14)34-2;1-5-3-4-6-2/h3,5,8-9,11,16H,4,6-7,10,12H2,1-2H3,(H,25,31);3-4H2,1-2H3. The Bertz CT molecular complexity index is 1600. The average molecular weight is 589 g/mol. The highest BCUT2D eigenvalue weighted by Gasteiger charge is 2.27. The number of ether oxygens (including phenoxy) is 3. The minimum atomic E-state index is -0.472. The van der Waals surface area contributed by atoms with Crippen molar-refractivity contribution in [1.82, 2.24) is 29.4 Å². The summed E-state index contributed by atoms with van der Waals surface area (Å²) in [6.07, 6.45) is 4.01. The van der Waals surface area contributed by atoms with Crippen LogP contribution in [-0.4, -0.2) is 71.1 Å². The van der Waals surface area contributed by atoms with Gasteiger partial charge in [0, 0.05) is 39.3 Å². The van der Waals surface area contributed by atoms with Crippen LogP contribution in [-0.2, 0) is 27.2 Å². The number of piperidine rings is 1. The topological polar surface area (TPSA) is 132 Å². The zero-order valence-electron chi connectivity index (χ0n) is 23.4. The van der Waals surface area contributed by atoms with Gasteiger partial charge in [-0.3, -0.25) is 18.7 Å². The number of thiophene rings is 1. The summed E-state index contributed by atoms with van der Waals surface area (Å²) in [5.74, 6) is 0.00989. The van der Waals surface area contributed by atoms with Crippen LogP contribution in [0, 0.1) is 12.7 Å². The van der Waals surface area contributed by atoms with Crippen LogP contribution in [0.4, 0.5) is 4.39 Å². The van der Waals surface area contributed by atoms with Gasteiger partial charge in [0.25, 0.3) is 5.56 Å². The molecule has 0 spiro atoms. The number of benzene rings is 1. The van der Waals surface area contributed by atoms with Crippen molar-refractivity contribution in [3.63, 3.8) is 0 Å². The Morgan fingerprint density at radius 1 is 1.10 bits per heavy atom. The van der Waals surface area contributed by atoms with Gasteiger partial charge in [0.1, 0.15) is 21.4 Å². The number of hydrogen-bond acceptors (Lipinski definition) is 9. The zero-order valence-corrected chi connectivity index (χ0v) is 24.2. The summed E-state index contributed by atoms with van der Waals surface area (Å²) in [7, 11) is 4.81. The van der Waals surface area contributed by atoms with E-state index in [4.69, 9.17) is 4.74 Å². The van der Waals surface area contributed by atoms with Gasteiger partial charge < -0.3 is 19.5 Å². The van der Waals surface area contributed by atoms with E-state index in [-0.39, 0.29) is 25.4 Å². The largest absolute Gasteiger partial charge is 0.496 e. The molecule has 5 rings (SSSR count). The van der Waals surface area contributed by atoms with Crippen molar-refractivity contribution in [2.45, 2.75) is 38.8 Å². The maximum Gasteiger partial charge on any atom is 0.332 e. The molecule has 0 bridgehead atoms. The summed E-state index contributed by atoms with van der Waals surface area (Å²) in [6, 6.07) is 3.78. The summed E-state index contributed by atoms with van der Waals surface area (Å²) in [5, 5.41) is 12.2. The van der Waals surface area contributed by atoms with E-state index >= 15 is 0 Å². The number of amides is 1. The first kappa shape index (κ1) is 30.1. The lowest BCUT2D eigenvalue weighted by molar-refractivity contribution is -0.122. The molecule has 1 fully saturated rings. The van der Waals surface area contributed by atoms with E-state index in [1.165, 1.54) is 52.3 Å². The van der Waals surface area contributed by atoms with E-state index in [1.807, 2.05) is 0 Å². The second kappa shape index (κ2) is 13.7. The number of hydrogen-bond donors (Lipinski definition) is 1. The van der Waals surface area contributed by atoms with Gasteiger partial charge in [-0.1, -0.05) is 11.3 Å². The molecule has 1 amide bonds. The van der Waals surface area contributed by atoms with Gasteiger partial charge in [0.05, 0.1) is 44.1 Å². The van der Waals surface area contributed by atoms with E-state index in [9.17, 15) is 18.8 Å². The van der Waals surface area contributed by atoms with Crippen molar-refractivity contribution in [1.29, 1.82) is 0 Å². The fourth-order valence-electron chi connectivity index (χ4n) is 4.66. The second-order valence-corrected chi connectivity index (χ2v) is 10.3. The molecule has 41 heavy (non-hydrogen) atoms. The summed E-state index contributed by atoms with van der Waals surface area (Å²) >= 11 is 1.25. The lowest BCUT2D eigenvalue weighted by Gasteiger charge is -2.25. The van der Waals surface area contributed by atoms with Crippen LogP contribution in [0.25, 0.3) is 15.2 Å². The normalized spacial score (nSPS) is 15.0. The Labute approximate surface area is 239 Å². The van der Waals surface area contributed by atoms with Crippen LogP contribution in [0.2, 0.25) is 0 Å². The van der Waals surface area contributed by atoms with Gasteiger partial charge in [-0.05, 0) is 43.5 Å². The molecule has 14 heteroatoms. The van der Waals surface area contributed by atoms with Crippen LogP contribution >= 0.6 is 11.3 Å². The monoisotopic (exact) mass is 588 g/mol. The Morgan fingerprint density at radius 3 is 2.41 bits per heavy atom. The Hall–Kier alpha value is -3.88. The van der Waals surface area contributed by atoms with Crippen LogP contribution in [0.5, 0.6) is 5.75 Å². The SMILES string of the molecule is COCCOC.COc1ccc(F)cc1CCn1c(=O)n(C2CCC(=O)NC2)c(=O)c2c(C)c(-n3nccn3)sc21. The first-order valence-electron chi connectivity index (χ1n) is 13.0. The predicted molar refractivity (Wildman–Crippen MR) is 152 cm³/mol. The minimum absolute atomic E-state index is 0.104. The predicted octanol–water partition coefficient (Wildman–Crippen LogP) is 2.23. The van der Waals surface area contributed by atoms with Gasteiger partial charge >= 0.3 is 5.69 Å². The summed E-state index contributed by atoms with van der Waals surface area (Å²) in [6.45, 7) is 3.58. The van der Waals surface area contributed by atoms with E-state index in [1.54, 1.807) is 31.8 Å². The molecule has 0 aliphatic carbocycles. The lowest BCUT2D eigenvalue weighted by atomic mass is 10.1. The molecule has 0 saturated carbocycles. The van der Waals surface area contributed by atoms with Crippen molar-refractivity contribution < 1.29 is 23.4 Å². The fraction of sp³-hybridized carbons (Fsp3) is 0.444. The van der Waals surface area contributed by atoms with Crippen LogP contribution in [0.3, 0.4) is 0 Å². The third-order valence-electron chi connectivity index (χ3n) is 6.76. The second-order valence-electron chi connectivity index (χ2n) is 9.33. The summed E-state index contributed by atoms with van der Waals surface area (Å²) in [4.78, 5) is 40.9. The maximum atomic E-state index is 13.9. The maximum absolute atomic E-state index is 13.9. The first-order valence-corrected chi connectivity index (χ1v) is 13.8. The molecule has 12 nitrogen and oxygen atoms in total. The van der Waals surface area contributed by atoms with Crippen molar-refractivity contribution >= 4 is 27.5 Å². The third kappa shape index (κ3) is 6.55. The van der Waals surface area contributed by atoms with E-state index in [0.29, 0.717) is 58.1 Å². The molecular formula is C27H33FN6O6S. The van der Waals surface area contributed by atoms with Crippen LogP contribution < -0.4 is 21.3 Å². The molecule has 1 N–H and O–H groups in total. The van der Waals surface area contributed by atoms with Gasteiger partial charge in [0.2, 0.25) is 5.91 Å². The summed E-state index contributed by atoms with van der Waals surface area (Å²) in [5.41, 5.74) is 0.396. The number of fused-ring (bicyclic) bond motifs is 1. The lowest BCUT2D eigenvalue weighted by Crippen LogP contribution is -2.47. The molecule has 0 radical (unpaired) electrons. The number of carbonyl (C=O) groups is 1. The Kier molecular flexibility index (Phi) is 10.0. The van der Waals surface area contributed by atoms with E-state index < -0.39 is 23.1 Å². The number of carbonyl (C=O) groups excluding carboxylic acids is 1. The molecule has 4 aromatic rings. The highest BCUT2D eigenvalue weighted by molar-refractivity contribution is 7.21. The number of halogens is 1. The van der Waals surface area contributed by atoms with Gasteiger partial charge in [0.15, 0.2) is 0 Å². The molecule has 1 saturated heterocycles. The molecule has 3 aromatic heterocycles. The molecule has 1 atom stereocenters. The highest BCUT2D eigenvalue weighted by atomic mass is 32.1.